The van der Waals surface area contributed by atoms with Crippen molar-refractivity contribution in [2.45, 2.75) is 250 Å². The zero-order valence-electron chi connectivity index (χ0n) is 47.7. The molecule has 0 aromatic rings. The first-order valence-electron chi connectivity index (χ1n) is 29.5. The van der Waals surface area contributed by atoms with Crippen LogP contribution in [-0.2, 0) is 42.9 Å². The van der Waals surface area contributed by atoms with Crippen molar-refractivity contribution in [1.82, 2.24) is 0 Å². The number of hydrogen-bond donors (Lipinski definition) is 3. The fourth-order valence-electron chi connectivity index (χ4n) is 8.03. The number of carboxylic acid groups (broad SMARTS) is 1. The number of hydrogen-bond acceptors (Lipinski definition) is 11. The van der Waals surface area contributed by atoms with Crippen LogP contribution in [0.25, 0.3) is 0 Å². The van der Waals surface area contributed by atoms with Crippen LogP contribution in [0.3, 0.4) is 0 Å². The van der Waals surface area contributed by atoms with E-state index in [1.165, 1.54) is 0 Å². The Balaban J connectivity index is 2.73. The van der Waals surface area contributed by atoms with E-state index < -0.39 is 67.3 Å². The molecule has 12 nitrogen and oxygen atoms in total. The molecule has 3 N–H and O–H groups in total. The number of carboxylic acids is 1. The van der Waals surface area contributed by atoms with Crippen molar-refractivity contribution >= 4 is 23.9 Å². The van der Waals surface area contributed by atoms with Gasteiger partial charge in [-0.2, -0.15) is 0 Å². The summed E-state index contributed by atoms with van der Waals surface area (Å²) in [6.07, 6.45) is 58.8. The predicted octanol–water partition coefficient (Wildman–Crippen LogP) is 15.2. The lowest BCUT2D eigenvalue weighted by molar-refractivity contribution is -0.301. The van der Waals surface area contributed by atoms with E-state index in [-0.39, 0.29) is 25.9 Å². The second kappa shape index (κ2) is 51.9. The molecule has 0 bridgehead atoms. The first-order valence-corrected chi connectivity index (χ1v) is 29.5. The number of unbranched alkanes of at least 4 members (excludes halogenated alkanes) is 14. The average molecular weight is 1080 g/mol. The van der Waals surface area contributed by atoms with Gasteiger partial charge in [0.1, 0.15) is 18.8 Å². The minimum atomic E-state index is -1.92. The van der Waals surface area contributed by atoms with Gasteiger partial charge in [-0.05, 0) is 122 Å². The van der Waals surface area contributed by atoms with Gasteiger partial charge >= 0.3 is 23.9 Å². The average Bonchev–Trinajstić information content (AvgIpc) is 3.42. The van der Waals surface area contributed by atoms with E-state index in [1.54, 1.807) is 0 Å². The molecule has 1 rings (SSSR count). The normalized spacial score (nSPS) is 18.9. The zero-order chi connectivity index (χ0) is 56.1. The van der Waals surface area contributed by atoms with E-state index in [0.29, 0.717) is 19.3 Å². The molecule has 0 spiro atoms. The van der Waals surface area contributed by atoms with Crippen molar-refractivity contribution in [2.24, 2.45) is 0 Å². The van der Waals surface area contributed by atoms with Crippen LogP contribution in [0, 0.1) is 0 Å². The molecular formula is C65H102O12. The van der Waals surface area contributed by atoms with Crippen molar-refractivity contribution < 1.29 is 58.2 Å². The Morgan fingerprint density at radius 2 is 0.818 bits per heavy atom. The maximum absolute atomic E-state index is 13.1. The minimum absolute atomic E-state index is 0.0313. The van der Waals surface area contributed by atoms with Crippen LogP contribution >= 0.6 is 0 Å². The quantitative estimate of drug-likeness (QED) is 0.0228. The SMILES string of the molecule is CC/C=C\C/C=C\C/C=C\C/C=C\CCCCCCCCC(=O)OCC(COC1OC(C(=O)O)C(O)C(O)C1OC(=O)CCCCCCC/C=C\C/C=C\CCC)OC(=O)CCCC/C=C\C/C=C\C/C=C\C/C=C\CC. The highest BCUT2D eigenvalue weighted by Gasteiger charge is 2.50. The highest BCUT2D eigenvalue weighted by molar-refractivity contribution is 5.74. The van der Waals surface area contributed by atoms with Gasteiger partial charge in [-0.3, -0.25) is 14.4 Å². The van der Waals surface area contributed by atoms with Crippen molar-refractivity contribution in [2.75, 3.05) is 13.2 Å². The smallest absolute Gasteiger partial charge is 0.335 e. The zero-order valence-corrected chi connectivity index (χ0v) is 47.7. The fourth-order valence-corrected chi connectivity index (χ4v) is 8.03. The lowest BCUT2D eigenvalue weighted by atomic mass is 9.98. The number of allylic oxidation sites excluding steroid dienone is 20. The molecule has 1 heterocycles. The number of aliphatic hydroxyl groups excluding tert-OH is 2. The van der Waals surface area contributed by atoms with E-state index in [1.807, 2.05) is 0 Å². The molecule has 6 unspecified atom stereocenters. The summed E-state index contributed by atoms with van der Waals surface area (Å²) in [7, 11) is 0. The van der Waals surface area contributed by atoms with Crippen LogP contribution in [0.5, 0.6) is 0 Å². The highest BCUT2D eigenvalue weighted by atomic mass is 16.7. The Labute approximate surface area is 465 Å². The third-order valence-electron chi connectivity index (χ3n) is 12.5. The van der Waals surface area contributed by atoms with Crippen LogP contribution in [0.4, 0.5) is 0 Å². The first kappa shape index (κ1) is 70.1. The van der Waals surface area contributed by atoms with E-state index in [9.17, 15) is 34.5 Å². The molecule has 6 atom stereocenters. The van der Waals surface area contributed by atoms with Crippen molar-refractivity contribution in [3.63, 3.8) is 0 Å². The minimum Gasteiger partial charge on any atom is -0.479 e. The summed E-state index contributed by atoms with van der Waals surface area (Å²) in [6.45, 7) is 5.63. The van der Waals surface area contributed by atoms with Gasteiger partial charge in [0.15, 0.2) is 24.6 Å². The van der Waals surface area contributed by atoms with Crippen molar-refractivity contribution in [1.29, 1.82) is 0 Å². The third kappa shape index (κ3) is 41.8. The molecule has 1 aliphatic rings. The van der Waals surface area contributed by atoms with Crippen LogP contribution in [0.2, 0.25) is 0 Å². The number of ether oxygens (including phenoxy) is 5. The molecule has 0 aromatic heterocycles. The molecule has 0 aliphatic carbocycles. The van der Waals surface area contributed by atoms with Crippen molar-refractivity contribution in [3.8, 4) is 0 Å². The lowest BCUT2D eigenvalue weighted by Crippen LogP contribution is -2.61. The Kier molecular flexibility index (Phi) is 47.2. The number of carbonyl (C=O) groups is 4. The lowest BCUT2D eigenvalue weighted by Gasteiger charge is -2.40. The molecule has 0 saturated carbocycles. The molecule has 0 radical (unpaired) electrons. The van der Waals surface area contributed by atoms with E-state index >= 15 is 0 Å². The summed E-state index contributed by atoms with van der Waals surface area (Å²) in [5.74, 6) is -3.23. The van der Waals surface area contributed by atoms with Gasteiger partial charge in [-0.15, -0.1) is 0 Å². The molecule has 12 heteroatoms. The molecule has 0 aromatic carbocycles. The summed E-state index contributed by atoms with van der Waals surface area (Å²) in [4.78, 5) is 51.1. The Morgan fingerprint density at radius 1 is 0.442 bits per heavy atom. The van der Waals surface area contributed by atoms with Gasteiger partial charge in [0, 0.05) is 19.3 Å². The van der Waals surface area contributed by atoms with Gasteiger partial charge in [-0.1, -0.05) is 194 Å². The van der Waals surface area contributed by atoms with Gasteiger partial charge in [-0.25, -0.2) is 4.79 Å². The van der Waals surface area contributed by atoms with E-state index in [0.717, 1.165) is 154 Å². The van der Waals surface area contributed by atoms with Crippen LogP contribution in [0.15, 0.2) is 122 Å². The molecular weight excluding hydrogens is 973 g/mol. The number of aliphatic carboxylic acids is 1. The second-order valence-corrected chi connectivity index (χ2v) is 19.5. The second-order valence-electron chi connectivity index (χ2n) is 19.5. The number of rotatable bonds is 48. The van der Waals surface area contributed by atoms with Crippen LogP contribution in [-0.4, -0.2) is 89.2 Å². The maximum atomic E-state index is 13.1. The van der Waals surface area contributed by atoms with Gasteiger partial charge in [0.2, 0.25) is 0 Å². The molecule has 0 amide bonds. The predicted molar refractivity (Wildman–Crippen MR) is 312 cm³/mol. The van der Waals surface area contributed by atoms with Gasteiger partial charge < -0.3 is 39.0 Å². The molecule has 434 valence electrons. The molecule has 1 saturated heterocycles. The van der Waals surface area contributed by atoms with E-state index in [4.69, 9.17) is 23.7 Å². The molecule has 1 aliphatic heterocycles. The maximum Gasteiger partial charge on any atom is 0.335 e. The third-order valence-corrected chi connectivity index (χ3v) is 12.5. The Morgan fingerprint density at radius 3 is 1.27 bits per heavy atom. The summed E-state index contributed by atoms with van der Waals surface area (Å²) >= 11 is 0. The fraction of sp³-hybridized carbons (Fsp3) is 0.631. The number of carbonyl (C=O) groups excluding carboxylic acids is 3. The number of aliphatic hydroxyl groups is 2. The largest absolute Gasteiger partial charge is 0.479 e. The first-order chi connectivity index (χ1) is 37.6. The topological polar surface area (TPSA) is 175 Å². The molecule has 1 fully saturated rings. The Hall–Kier alpha value is -4.88. The summed E-state index contributed by atoms with van der Waals surface area (Å²) in [5, 5.41) is 31.5. The Bertz CT molecular complexity index is 1800. The summed E-state index contributed by atoms with van der Waals surface area (Å²) in [6, 6.07) is 0. The number of esters is 3. The highest BCUT2D eigenvalue weighted by Crippen LogP contribution is 2.26. The van der Waals surface area contributed by atoms with Crippen LogP contribution in [0.1, 0.15) is 213 Å². The standard InChI is InChI=1S/C65H102O12/c1-4-7-10-13-16-19-22-25-27-28-29-30-32-34-36-39-42-45-48-51-57(66)73-54-56(75-58(67)52-49-46-43-40-38-35-31-26-23-20-17-14-11-8-5-2)55-74-65-63(61(70)60(69)62(77-65)64(71)72)76-59(68)53-50-47-44-41-37-33-24-21-18-15-12-9-6-3/h7-8,10-12,15-17,19-21,24-27,29-31,38,40,56,60-63,65,69-70H,4-6,9,13-14,18,22-23,28,32-37,39,41-55H2,1-3H3,(H,71,72)/b10-7-,11-8-,15-12-,19-16-,20-17-,24-21-,27-25-,30-29-,31-26-,40-38-. The van der Waals surface area contributed by atoms with Gasteiger partial charge in [0.05, 0.1) is 6.61 Å². The molecule has 77 heavy (non-hydrogen) atoms. The van der Waals surface area contributed by atoms with Gasteiger partial charge in [0.25, 0.3) is 0 Å². The van der Waals surface area contributed by atoms with Crippen molar-refractivity contribution in [3.05, 3.63) is 122 Å². The summed E-state index contributed by atoms with van der Waals surface area (Å²) < 4.78 is 28.3. The summed E-state index contributed by atoms with van der Waals surface area (Å²) in [5.41, 5.74) is 0. The van der Waals surface area contributed by atoms with E-state index in [2.05, 4.69) is 142 Å². The van der Waals surface area contributed by atoms with Crippen LogP contribution < -0.4 is 0 Å². The monoisotopic (exact) mass is 1070 g/mol.